The minimum absolute atomic E-state index is 0.104. The number of amides is 3. The molecule has 3 aliphatic rings. The average Bonchev–Trinajstić information content (AvgIpc) is 2.86. The zero-order valence-corrected chi connectivity index (χ0v) is 21.2. The maximum Gasteiger partial charge on any atom is 0.258 e. The van der Waals surface area contributed by atoms with Crippen molar-refractivity contribution < 1.29 is 23.9 Å². The van der Waals surface area contributed by atoms with E-state index in [2.05, 4.69) is 24.5 Å². The van der Waals surface area contributed by atoms with Crippen molar-refractivity contribution in [2.75, 3.05) is 19.7 Å². The Balaban J connectivity index is 1.59. The molecule has 5 rings (SSSR count). The zero-order chi connectivity index (χ0) is 25.7. The van der Waals surface area contributed by atoms with Crippen LogP contribution in [0.25, 0.3) is 0 Å². The molecule has 2 N–H and O–H groups in total. The number of nitrogens with one attached hydrogen (secondary N) is 2. The molecular weight excluding hydrogens is 458 g/mol. The first-order valence-corrected chi connectivity index (χ1v) is 12.6. The fraction of sp³-hybridized carbons (Fsp3) is 0.464. The molecule has 0 aliphatic carbocycles. The SMILES string of the molecule is Cc1ccc2cc1OCC(=O)NCc1ccc(cc1)O[C@H]1CCN(C(=O)CCC(C)C)C[C@@H]1NC2=O. The number of rotatable bonds is 3. The molecule has 3 aliphatic heterocycles. The molecule has 2 aromatic rings. The summed E-state index contributed by atoms with van der Waals surface area (Å²) in [6.07, 6.45) is 1.66. The van der Waals surface area contributed by atoms with Crippen LogP contribution in [0.15, 0.2) is 42.5 Å². The van der Waals surface area contributed by atoms with Gasteiger partial charge in [0, 0.05) is 38.0 Å². The average molecular weight is 494 g/mol. The summed E-state index contributed by atoms with van der Waals surface area (Å²) in [6, 6.07) is 12.3. The van der Waals surface area contributed by atoms with Gasteiger partial charge in [0.05, 0.1) is 6.04 Å². The van der Waals surface area contributed by atoms with E-state index in [1.54, 1.807) is 18.2 Å². The molecule has 1 fully saturated rings. The Kier molecular flexibility index (Phi) is 8.13. The Labute approximate surface area is 212 Å². The van der Waals surface area contributed by atoms with Crippen molar-refractivity contribution in [3.63, 3.8) is 0 Å². The monoisotopic (exact) mass is 493 g/mol. The molecular formula is C28H35N3O5. The summed E-state index contributed by atoms with van der Waals surface area (Å²) >= 11 is 0. The topological polar surface area (TPSA) is 97.0 Å². The van der Waals surface area contributed by atoms with Crippen molar-refractivity contribution in [1.82, 2.24) is 15.5 Å². The summed E-state index contributed by atoms with van der Waals surface area (Å²) < 4.78 is 12.0. The lowest BCUT2D eigenvalue weighted by molar-refractivity contribution is -0.134. The predicted octanol–water partition coefficient (Wildman–Crippen LogP) is 3.22. The van der Waals surface area contributed by atoms with Crippen molar-refractivity contribution in [3.05, 3.63) is 59.2 Å². The van der Waals surface area contributed by atoms with Crippen LogP contribution >= 0.6 is 0 Å². The van der Waals surface area contributed by atoms with E-state index >= 15 is 0 Å². The number of nitrogens with zero attached hydrogens (tertiary/aromatic N) is 1. The van der Waals surface area contributed by atoms with Crippen molar-refractivity contribution in [2.45, 2.75) is 58.7 Å². The second-order valence-corrected chi connectivity index (χ2v) is 9.99. The number of benzene rings is 2. The van der Waals surface area contributed by atoms with E-state index in [4.69, 9.17) is 9.47 Å². The third kappa shape index (κ3) is 6.56. The minimum atomic E-state index is -0.376. The van der Waals surface area contributed by atoms with Crippen LogP contribution in [-0.4, -0.2) is 54.5 Å². The Hall–Kier alpha value is -3.55. The predicted molar refractivity (Wildman–Crippen MR) is 136 cm³/mol. The molecule has 8 nitrogen and oxygen atoms in total. The van der Waals surface area contributed by atoms with Gasteiger partial charge >= 0.3 is 0 Å². The van der Waals surface area contributed by atoms with Gasteiger partial charge in [0.2, 0.25) is 5.91 Å². The van der Waals surface area contributed by atoms with E-state index < -0.39 is 0 Å². The lowest BCUT2D eigenvalue weighted by atomic mass is 9.99. The van der Waals surface area contributed by atoms with E-state index in [-0.39, 0.29) is 36.5 Å². The molecule has 0 saturated carbocycles. The van der Waals surface area contributed by atoms with Crippen molar-refractivity contribution in [3.8, 4) is 11.5 Å². The molecule has 0 radical (unpaired) electrons. The minimum Gasteiger partial charge on any atom is -0.488 e. The van der Waals surface area contributed by atoms with Gasteiger partial charge in [0.1, 0.15) is 17.6 Å². The second-order valence-electron chi connectivity index (χ2n) is 9.99. The van der Waals surface area contributed by atoms with Crippen molar-refractivity contribution in [1.29, 1.82) is 0 Å². The molecule has 8 heteroatoms. The molecule has 2 aromatic carbocycles. The number of aryl methyl sites for hydroxylation is 1. The van der Waals surface area contributed by atoms with E-state index in [1.165, 1.54) is 0 Å². The summed E-state index contributed by atoms with van der Waals surface area (Å²) in [4.78, 5) is 40.2. The second kappa shape index (κ2) is 11.5. The van der Waals surface area contributed by atoms with Crippen LogP contribution in [0.3, 0.4) is 0 Å². The third-order valence-corrected chi connectivity index (χ3v) is 6.66. The van der Waals surface area contributed by atoms with Crippen LogP contribution in [0.2, 0.25) is 0 Å². The number of carbonyl (C=O) groups excluding carboxylic acids is 3. The lowest BCUT2D eigenvalue weighted by Gasteiger charge is -2.39. The van der Waals surface area contributed by atoms with Crippen LogP contribution in [0.4, 0.5) is 0 Å². The fourth-order valence-electron chi connectivity index (χ4n) is 4.41. The largest absolute Gasteiger partial charge is 0.488 e. The van der Waals surface area contributed by atoms with Crippen molar-refractivity contribution >= 4 is 17.7 Å². The number of carbonyl (C=O) groups is 3. The Morgan fingerprint density at radius 1 is 1.14 bits per heavy atom. The number of piperidine rings is 1. The van der Waals surface area contributed by atoms with E-state index in [0.717, 1.165) is 17.5 Å². The summed E-state index contributed by atoms with van der Waals surface area (Å²) in [5.74, 6) is 1.19. The molecule has 1 saturated heterocycles. The Bertz CT molecular complexity index is 1100. The Morgan fingerprint density at radius 2 is 1.92 bits per heavy atom. The van der Waals surface area contributed by atoms with Crippen LogP contribution in [0.1, 0.15) is 54.6 Å². The van der Waals surface area contributed by atoms with Gasteiger partial charge in [-0.25, -0.2) is 0 Å². The molecule has 0 aromatic heterocycles. The van der Waals surface area contributed by atoms with Gasteiger partial charge in [-0.1, -0.05) is 32.0 Å². The van der Waals surface area contributed by atoms with Crippen LogP contribution in [-0.2, 0) is 16.1 Å². The smallest absolute Gasteiger partial charge is 0.258 e. The summed E-state index contributed by atoms with van der Waals surface area (Å²) in [6.45, 7) is 7.28. The first kappa shape index (κ1) is 25.5. The fourth-order valence-corrected chi connectivity index (χ4v) is 4.41. The Morgan fingerprint density at radius 3 is 2.67 bits per heavy atom. The van der Waals surface area contributed by atoms with Crippen molar-refractivity contribution in [2.24, 2.45) is 5.92 Å². The molecule has 0 unspecified atom stereocenters. The summed E-state index contributed by atoms with van der Waals surface area (Å²) in [5, 5.41) is 5.94. The van der Waals surface area contributed by atoms with Gasteiger partial charge in [-0.15, -0.1) is 0 Å². The molecule has 36 heavy (non-hydrogen) atoms. The normalized spacial score (nSPS) is 20.5. The molecule has 0 spiro atoms. The quantitative estimate of drug-likeness (QED) is 0.685. The van der Waals surface area contributed by atoms with Gasteiger partial charge in [-0.2, -0.15) is 0 Å². The maximum atomic E-state index is 13.3. The standard InChI is InChI=1S/C28H35N3O5/c1-18(2)4-11-27(33)31-13-12-24-23(16-31)30-28(34)21-8-5-19(3)25(14-21)35-17-26(32)29-15-20-6-9-22(36-24)10-7-20/h5-10,14,18,23-24H,4,11-13,15-17H2,1-3H3,(H,29,32)(H,30,34)/t23-,24-/m0/s1. The van der Waals surface area contributed by atoms with Gasteiger partial charge in [-0.05, 0) is 54.7 Å². The van der Waals surface area contributed by atoms with E-state index in [9.17, 15) is 14.4 Å². The highest BCUT2D eigenvalue weighted by atomic mass is 16.5. The number of hydrogen-bond acceptors (Lipinski definition) is 5. The van der Waals surface area contributed by atoms with Gasteiger partial charge in [-0.3, -0.25) is 14.4 Å². The van der Waals surface area contributed by atoms with E-state index in [1.807, 2.05) is 36.1 Å². The summed E-state index contributed by atoms with van der Waals surface area (Å²) in [7, 11) is 0. The molecule has 192 valence electrons. The van der Waals surface area contributed by atoms with Crippen LogP contribution in [0, 0.1) is 12.8 Å². The highest BCUT2D eigenvalue weighted by Crippen LogP contribution is 2.23. The molecule has 4 bridgehead atoms. The number of likely N-dealkylation sites (tertiary alicyclic amines) is 1. The molecule has 3 heterocycles. The third-order valence-electron chi connectivity index (χ3n) is 6.66. The highest BCUT2D eigenvalue weighted by molar-refractivity contribution is 5.95. The molecule has 3 amide bonds. The lowest BCUT2D eigenvalue weighted by Crippen LogP contribution is -2.58. The van der Waals surface area contributed by atoms with E-state index in [0.29, 0.717) is 55.5 Å². The van der Waals surface area contributed by atoms with Crippen LogP contribution < -0.4 is 20.1 Å². The first-order valence-electron chi connectivity index (χ1n) is 12.6. The maximum absolute atomic E-state index is 13.3. The first-order chi connectivity index (χ1) is 17.3. The molecule has 2 atom stereocenters. The number of fused-ring (bicyclic) bond motifs is 7. The van der Waals surface area contributed by atoms with Crippen LogP contribution in [0.5, 0.6) is 11.5 Å². The highest BCUT2D eigenvalue weighted by Gasteiger charge is 2.34. The van der Waals surface area contributed by atoms with Gasteiger partial charge in [0.15, 0.2) is 6.61 Å². The summed E-state index contributed by atoms with van der Waals surface area (Å²) in [5.41, 5.74) is 2.19. The van der Waals surface area contributed by atoms with Gasteiger partial charge < -0.3 is 25.0 Å². The number of ether oxygens (including phenoxy) is 2. The number of hydrogen-bond donors (Lipinski definition) is 2. The van der Waals surface area contributed by atoms with Gasteiger partial charge in [0.25, 0.3) is 11.8 Å². The zero-order valence-electron chi connectivity index (χ0n) is 21.2.